The Morgan fingerprint density at radius 3 is 2.77 bits per heavy atom. The molecule has 1 saturated heterocycles. The molecule has 1 aliphatic heterocycles. The van der Waals surface area contributed by atoms with E-state index in [1.807, 2.05) is 13.8 Å². The number of pyridine rings is 1. The van der Waals surface area contributed by atoms with Crippen molar-refractivity contribution in [3.05, 3.63) is 47.4 Å². The molecule has 1 unspecified atom stereocenters. The Balaban J connectivity index is 1.41. The Labute approximate surface area is 179 Å². The first-order chi connectivity index (χ1) is 14.8. The molecule has 7 nitrogen and oxygen atoms in total. The number of amides is 1. The van der Waals surface area contributed by atoms with Crippen LogP contribution in [0.5, 0.6) is 11.6 Å². The lowest BCUT2D eigenvalue weighted by atomic mass is 9.97. The zero-order valence-corrected chi connectivity index (χ0v) is 17.6. The second-order valence-electron chi connectivity index (χ2n) is 8.71. The lowest BCUT2D eigenvalue weighted by Crippen LogP contribution is -2.32. The highest BCUT2D eigenvalue weighted by Gasteiger charge is 2.36. The van der Waals surface area contributed by atoms with Gasteiger partial charge in [0, 0.05) is 42.1 Å². The predicted molar refractivity (Wildman–Crippen MR) is 111 cm³/mol. The van der Waals surface area contributed by atoms with Crippen LogP contribution in [0.4, 0.5) is 10.1 Å². The van der Waals surface area contributed by atoms with Crippen LogP contribution in [0.1, 0.15) is 42.6 Å². The van der Waals surface area contributed by atoms with Gasteiger partial charge < -0.3 is 19.5 Å². The second-order valence-corrected chi connectivity index (χ2v) is 8.71. The predicted octanol–water partition coefficient (Wildman–Crippen LogP) is 2.93. The summed E-state index contributed by atoms with van der Waals surface area (Å²) in [5.74, 6) is -0.00345. The van der Waals surface area contributed by atoms with E-state index in [1.54, 1.807) is 18.2 Å². The Bertz CT molecular complexity index is 1010. The van der Waals surface area contributed by atoms with E-state index < -0.39 is 11.9 Å². The molecular formula is C23H25FN2O5. The zero-order chi connectivity index (χ0) is 22.2. The minimum atomic E-state index is -0.714. The van der Waals surface area contributed by atoms with E-state index in [-0.39, 0.29) is 23.7 Å². The number of Topliss-reactive ketones (excluding diaryl/α,β-unsaturated/α-hetero) is 1. The largest absolute Gasteiger partial charge is 0.479 e. The van der Waals surface area contributed by atoms with E-state index in [9.17, 15) is 19.1 Å². The number of carbonyl (C=O) groups is 2. The SMILES string of the molecule is CC(C)(CO)COc1ccc(OC2CCN(c3cc(F)c4c(c3)C(=O)CC4)C2=O)cn1. The van der Waals surface area contributed by atoms with E-state index in [4.69, 9.17) is 9.47 Å². The summed E-state index contributed by atoms with van der Waals surface area (Å²) in [5, 5.41) is 9.28. The average molecular weight is 428 g/mol. The van der Waals surface area contributed by atoms with Crippen LogP contribution in [0.15, 0.2) is 30.5 Å². The van der Waals surface area contributed by atoms with Gasteiger partial charge in [0.05, 0.1) is 19.4 Å². The summed E-state index contributed by atoms with van der Waals surface area (Å²) >= 11 is 0. The molecule has 164 valence electrons. The second kappa shape index (κ2) is 8.26. The van der Waals surface area contributed by atoms with Crippen molar-refractivity contribution in [3.63, 3.8) is 0 Å². The lowest BCUT2D eigenvalue weighted by molar-refractivity contribution is -0.122. The van der Waals surface area contributed by atoms with Gasteiger partial charge in [0.1, 0.15) is 11.6 Å². The Kier molecular flexibility index (Phi) is 5.66. The molecule has 0 spiro atoms. The van der Waals surface area contributed by atoms with Crippen molar-refractivity contribution in [2.45, 2.75) is 39.2 Å². The number of ether oxygens (including phenoxy) is 2. The Morgan fingerprint density at radius 2 is 2.06 bits per heavy atom. The van der Waals surface area contributed by atoms with Gasteiger partial charge in [-0.1, -0.05) is 13.8 Å². The summed E-state index contributed by atoms with van der Waals surface area (Å²) in [4.78, 5) is 30.5. The standard InChI is InChI=1S/C23H25FN2O5/c1-23(2,12-27)13-30-21-6-3-15(11-25-21)31-20-7-8-26(22(20)29)14-9-17-16(18(24)10-14)4-5-19(17)28/h3,6,9-11,20,27H,4-5,7-8,12-13H2,1-2H3. The van der Waals surface area contributed by atoms with Crippen LogP contribution >= 0.6 is 0 Å². The molecule has 1 N–H and O–H groups in total. The summed E-state index contributed by atoms with van der Waals surface area (Å²) in [6.45, 7) is 4.44. The molecule has 8 heteroatoms. The molecule has 1 atom stereocenters. The highest BCUT2D eigenvalue weighted by atomic mass is 19.1. The van der Waals surface area contributed by atoms with Crippen molar-refractivity contribution >= 4 is 17.4 Å². The number of anilines is 1. The fourth-order valence-electron chi connectivity index (χ4n) is 3.67. The first-order valence-corrected chi connectivity index (χ1v) is 10.3. The maximum Gasteiger partial charge on any atom is 0.268 e. The van der Waals surface area contributed by atoms with Crippen molar-refractivity contribution in [3.8, 4) is 11.6 Å². The quantitative estimate of drug-likeness (QED) is 0.730. The number of benzene rings is 1. The van der Waals surface area contributed by atoms with Crippen LogP contribution in [0.2, 0.25) is 0 Å². The van der Waals surface area contributed by atoms with Gasteiger partial charge in [-0.05, 0) is 30.2 Å². The third-order valence-corrected chi connectivity index (χ3v) is 5.58. The zero-order valence-electron chi connectivity index (χ0n) is 17.6. The maximum atomic E-state index is 14.4. The van der Waals surface area contributed by atoms with Gasteiger partial charge in [-0.25, -0.2) is 9.37 Å². The third kappa shape index (κ3) is 4.39. The number of nitrogens with zero attached hydrogens (tertiary/aromatic N) is 2. The number of rotatable bonds is 7. The summed E-state index contributed by atoms with van der Waals surface area (Å²) in [6.07, 6.45) is 1.91. The van der Waals surface area contributed by atoms with Crippen molar-refractivity contribution in [1.29, 1.82) is 0 Å². The van der Waals surface area contributed by atoms with E-state index in [0.717, 1.165) is 0 Å². The number of ketones is 1. The summed E-state index contributed by atoms with van der Waals surface area (Å²) in [7, 11) is 0. The van der Waals surface area contributed by atoms with E-state index >= 15 is 0 Å². The Morgan fingerprint density at radius 1 is 1.26 bits per heavy atom. The Hall–Kier alpha value is -3.00. The molecule has 2 aromatic rings. The molecule has 2 aliphatic rings. The van der Waals surface area contributed by atoms with E-state index in [0.29, 0.717) is 60.9 Å². The summed E-state index contributed by atoms with van der Waals surface area (Å²) < 4.78 is 25.8. The van der Waals surface area contributed by atoms with Crippen LogP contribution in [-0.4, -0.2) is 47.6 Å². The molecule has 4 rings (SSSR count). The molecule has 0 radical (unpaired) electrons. The number of fused-ring (bicyclic) bond motifs is 1. The highest BCUT2D eigenvalue weighted by molar-refractivity contribution is 6.04. The fraction of sp³-hybridized carbons (Fsp3) is 0.435. The van der Waals surface area contributed by atoms with Crippen LogP contribution in [0.3, 0.4) is 0 Å². The molecular weight excluding hydrogens is 403 g/mol. The third-order valence-electron chi connectivity index (χ3n) is 5.58. The van der Waals surface area contributed by atoms with Gasteiger partial charge in [-0.3, -0.25) is 9.59 Å². The highest BCUT2D eigenvalue weighted by Crippen LogP contribution is 2.32. The lowest BCUT2D eigenvalue weighted by Gasteiger charge is -2.21. The normalized spacial score (nSPS) is 18.5. The number of aliphatic hydroxyl groups is 1. The molecule has 0 saturated carbocycles. The van der Waals surface area contributed by atoms with Gasteiger partial charge in [0.15, 0.2) is 11.9 Å². The molecule has 1 amide bonds. The van der Waals surface area contributed by atoms with Gasteiger partial charge in [0.25, 0.3) is 5.91 Å². The molecule has 1 aromatic carbocycles. The number of aromatic nitrogens is 1. The van der Waals surface area contributed by atoms with Crippen LogP contribution in [-0.2, 0) is 11.2 Å². The minimum absolute atomic E-state index is 0.00321. The summed E-state index contributed by atoms with van der Waals surface area (Å²) in [5.41, 5.74) is 0.814. The monoisotopic (exact) mass is 428 g/mol. The van der Waals surface area contributed by atoms with Gasteiger partial charge in [0.2, 0.25) is 5.88 Å². The van der Waals surface area contributed by atoms with E-state index in [1.165, 1.54) is 17.2 Å². The molecule has 0 bridgehead atoms. The summed E-state index contributed by atoms with van der Waals surface area (Å²) in [6, 6.07) is 6.23. The van der Waals surface area contributed by atoms with E-state index in [2.05, 4.69) is 4.98 Å². The number of carbonyl (C=O) groups excluding carboxylic acids is 2. The van der Waals surface area contributed by atoms with Gasteiger partial charge >= 0.3 is 0 Å². The number of hydrogen-bond donors (Lipinski definition) is 1. The van der Waals surface area contributed by atoms with Crippen molar-refractivity contribution in [2.24, 2.45) is 5.41 Å². The van der Waals surface area contributed by atoms with Crippen molar-refractivity contribution in [1.82, 2.24) is 4.98 Å². The molecule has 2 heterocycles. The first kappa shape index (κ1) is 21.2. The van der Waals surface area contributed by atoms with Crippen LogP contribution in [0, 0.1) is 11.2 Å². The first-order valence-electron chi connectivity index (χ1n) is 10.3. The molecule has 1 aromatic heterocycles. The van der Waals surface area contributed by atoms with Crippen molar-refractivity contribution in [2.75, 3.05) is 24.7 Å². The molecule has 31 heavy (non-hydrogen) atoms. The molecule has 1 aliphatic carbocycles. The van der Waals surface area contributed by atoms with Gasteiger partial charge in [-0.2, -0.15) is 0 Å². The van der Waals surface area contributed by atoms with Crippen molar-refractivity contribution < 1.29 is 28.6 Å². The minimum Gasteiger partial charge on any atom is -0.479 e. The van der Waals surface area contributed by atoms with Crippen LogP contribution in [0.25, 0.3) is 0 Å². The maximum absolute atomic E-state index is 14.4. The smallest absolute Gasteiger partial charge is 0.268 e. The van der Waals surface area contributed by atoms with Crippen LogP contribution < -0.4 is 14.4 Å². The average Bonchev–Trinajstić information content (AvgIpc) is 3.31. The number of aliphatic hydroxyl groups excluding tert-OH is 1. The fourth-order valence-corrected chi connectivity index (χ4v) is 3.67. The van der Waals surface area contributed by atoms with Gasteiger partial charge in [-0.15, -0.1) is 0 Å². The molecule has 1 fully saturated rings. The number of hydrogen-bond acceptors (Lipinski definition) is 6. The topological polar surface area (TPSA) is 89.0 Å². The number of halogens is 1.